The van der Waals surface area contributed by atoms with Crippen LogP contribution in [0.3, 0.4) is 0 Å². The average Bonchev–Trinajstić information content (AvgIpc) is 1.63. The summed E-state index contributed by atoms with van der Waals surface area (Å²) in [6, 6.07) is 41.3. The Balaban J connectivity index is 0.000000201. The molecular weight excluding hydrogens is 1720 g/mol. The summed E-state index contributed by atoms with van der Waals surface area (Å²) < 4.78 is 84.9. The molecule has 0 saturated heterocycles. The number of hydrogen-bond donors (Lipinski definition) is 0. The van der Waals surface area contributed by atoms with Crippen LogP contribution in [0.5, 0.6) is 40.2 Å². The molecule has 4 aliphatic carbocycles. The third kappa shape index (κ3) is 26.9. The normalized spacial score (nSPS) is 15.1. The van der Waals surface area contributed by atoms with Crippen LogP contribution in [0.1, 0.15) is 158 Å². The Morgan fingerprint density at radius 2 is 0.560 bits per heavy atom. The van der Waals surface area contributed by atoms with Crippen molar-refractivity contribution in [2.24, 2.45) is 0 Å². The van der Waals surface area contributed by atoms with Gasteiger partial charge in [0.05, 0.1) is 7.11 Å². The van der Waals surface area contributed by atoms with Crippen LogP contribution in [0.2, 0.25) is 0 Å². The first-order valence-electron chi connectivity index (χ1n) is 41.9. The summed E-state index contributed by atoms with van der Waals surface area (Å²) in [6.07, 6.45) is 1.00. The molecule has 0 aromatic heterocycles. The number of rotatable bonds is 29. The molecule has 0 heterocycles. The maximum absolute atomic E-state index is 14.3. The van der Waals surface area contributed by atoms with E-state index < -0.39 is 102 Å². The molecule has 0 fully saturated rings. The van der Waals surface area contributed by atoms with Crippen molar-refractivity contribution in [2.75, 3.05) is 7.11 Å². The number of carbonyl (C=O) groups is 12. The van der Waals surface area contributed by atoms with Crippen LogP contribution in [-0.2, 0) is 112 Å². The van der Waals surface area contributed by atoms with Gasteiger partial charge in [0, 0.05) is 98.4 Å². The standard InChI is InChI=1S/C28H28O7.C27H25FO6.C27H26O6.C26H24O6/c1-15(2)26(29)33-23-13-19(9-11-22(23)32-7)18-8-10-21-20(12-18)14-24(34-27(30)16(3)4)25(21)35-28(31)17(5)6;1-14(2)25(29)32-21-11-18(10-20(28)13-21)17-7-8-22-19(9-17)12-23(33-26(30)15(3)4)24(22)34-27(31)16(5)6;1-15(2)25(28)31-21-12-20(13-22(14-21)32-26(29)16(3)4)18-7-9-23-19(11-18)8-10-24(23)33-27(30)17(5)6;1-6-24(27)32-23-10-8-18-11-17(7-9-22(18)23)19-12-20(30-25(28)15(2)3)14-21(13-19)31-26(29)16(4)5/h8-13,24-25H,1,3,5,14H2,2,4,6-7H3;7-11,13,23-24H,1,3,5,12H2,2,4,6H3;7,9,11-14,24H,1,3,5,8,10H2,2,4,6H3;6-7,9,11-14,23H,1-2,4,8,10H2,3,5H3. The van der Waals surface area contributed by atoms with Crippen LogP contribution < -0.4 is 33.2 Å². The second-order valence-electron chi connectivity index (χ2n) is 32.6. The molecule has 0 amide bonds. The van der Waals surface area contributed by atoms with Crippen LogP contribution in [0, 0.1) is 5.82 Å². The molecule has 692 valence electrons. The fourth-order valence-electron chi connectivity index (χ4n) is 13.7. The van der Waals surface area contributed by atoms with Crippen molar-refractivity contribution in [1.29, 1.82) is 0 Å². The maximum atomic E-state index is 14.3. The Bertz CT molecular complexity index is 6200. The lowest BCUT2D eigenvalue weighted by molar-refractivity contribution is -0.161. The van der Waals surface area contributed by atoms with Gasteiger partial charge < -0.3 is 61.6 Å². The van der Waals surface area contributed by atoms with Gasteiger partial charge in [-0.1, -0.05) is 158 Å². The van der Waals surface area contributed by atoms with Gasteiger partial charge in [0.15, 0.2) is 23.7 Å². The molecule has 8 aromatic rings. The minimum Gasteiger partial charge on any atom is -0.493 e. The molecule has 25 nitrogen and oxygen atoms in total. The quantitative estimate of drug-likeness (QED) is 0.0182. The average molecular weight is 1820 g/mol. The van der Waals surface area contributed by atoms with Crippen LogP contribution in [-0.4, -0.2) is 90.9 Å². The van der Waals surface area contributed by atoms with E-state index in [0.717, 1.165) is 86.2 Å². The van der Waals surface area contributed by atoms with Crippen molar-refractivity contribution in [2.45, 2.75) is 151 Å². The summed E-state index contributed by atoms with van der Waals surface area (Å²) in [4.78, 5) is 144. The third-order valence-corrected chi connectivity index (χ3v) is 20.6. The summed E-state index contributed by atoms with van der Waals surface area (Å²) in [5, 5.41) is 0. The number of carbonyl (C=O) groups excluding carboxylic acids is 12. The first kappa shape index (κ1) is 102. The Kier molecular flexibility index (Phi) is 34.2. The first-order valence-corrected chi connectivity index (χ1v) is 41.9. The van der Waals surface area contributed by atoms with E-state index in [0.29, 0.717) is 58.4 Å². The summed E-state index contributed by atoms with van der Waals surface area (Å²) in [5.74, 6) is -5.71. The van der Waals surface area contributed by atoms with Gasteiger partial charge in [-0.2, -0.15) is 0 Å². The van der Waals surface area contributed by atoms with E-state index in [9.17, 15) is 61.9 Å². The van der Waals surface area contributed by atoms with Crippen molar-refractivity contribution in [3.8, 4) is 84.8 Å². The van der Waals surface area contributed by atoms with E-state index in [1.165, 1.54) is 52.1 Å². The molecule has 26 heteroatoms. The van der Waals surface area contributed by atoms with Crippen molar-refractivity contribution in [1.82, 2.24) is 0 Å². The smallest absolute Gasteiger partial charge is 0.338 e. The monoisotopic (exact) mass is 1820 g/mol. The fraction of sp³-hybridized carbons (Fsp3) is 0.222. The van der Waals surface area contributed by atoms with Crippen molar-refractivity contribution in [3.63, 3.8) is 0 Å². The zero-order valence-corrected chi connectivity index (χ0v) is 76.7. The number of esters is 12. The number of methoxy groups -OCH3 is 1. The van der Waals surface area contributed by atoms with Gasteiger partial charge in [0.2, 0.25) is 0 Å². The highest BCUT2D eigenvalue weighted by molar-refractivity contribution is 5.95. The highest BCUT2D eigenvalue weighted by Gasteiger charge is 2.41. The van der Waals surface area contributed by atoms with E-state index in [2.05, 4.69) is 78.9 Å². The molecule has 6 unspecified atom stereocenters. The lowest BCUT2D eigenvalue weighted by Crippen LogP contribution is -2.26. The SMILES string of the molecule is C=C(C)C(=O)Oc1cc(-c2ccc3c(c2)CC(OC(=O)C(=C)C)C3OC(=O)C(=C)C)ccc1OC.C=C(C)C(=O)Oc1cc(F)cc(-c2ccc3c(c2)CC(OC(=O)C(=C)C)C3OC(=O)C(=C)C)c1.C=C(C)C(=O)Oc1cc(OC(=O)C(=C)C)cc(-c2ccc3c(c2)CCC3OC(=O)C(=C)C)c1.C=CC(=O)OC1CCc2cc(-c3cc(OC(=O)C(=C)C)cc(OC(=O)C(=C)C)c3)ccc21. The maximum Gasteiger partial charge on any atom is 0.338 e. The molecule has 4 aliphatic rings. The van der Waals surface area contributed by atoms with Gasteiger partial charge in [-0.05, 0) is 239 Å². The predicted octanol–water partition coefficient (Wildman–Crippen LogP) is 20.7. The second kappa shape index (κ2) is 45.0. The minimum atomic E-state index is -0.823. The van der Waals surface area contributed by atoms with Crippen molar-refractivity contribution < 1.29 is 124 Å². The van der Waals surface area contributed by atoms with E-state index in [-0.39, 0.29) is 109 Å². The van der Waals surface area contributed by atoms with Crippen LogP contribution in [0.15, 0.2) is 292 Å². The zero-order valence-electron chi connectivity index (χ0n) is 76.7. The van der Waals surface area contributed by atoms with Crippen molar-refractivity contribution in [3.05, 3.63) is 342 Å². The van der Waals surface area contributed by atoms with Crippen LogP contribution in [0.25, 0.3) is 44.5 Å². The van der Waals surface area contributed by atoms with Gasteiger partial charge in [-0.3, -0.25) is 0 Å². The molecule has 0 bridgehead atoms. The summed E-state index contributed by atoms with van der Waals surface area (Å²) in [6.45, 7) is 60.0. The number of aryl methyl sites for hydroxylation is 2. The predicted molar refractivity (Wildman–Crippen MR) is 500 cm³/mol. The van der Waals surface area contributed by atoms with Gasteiger partial charge in [-0.15, -0.1) is 0 Å². The molecule has 0 saturated carbocycles. The molecule has 0 aliphatic heterocycles. The number of halogens is 1. The zero-order chi connectivity index (χ0) is 98.7. The Hall–Kier alpha value is -16.0. The van der Waals surface area contributed by atoms with Crippen molar-refractivity contribution >= 4 is 71.6 Å². The van der Waals surface area contributed by atoms with Gasteiger partial charge >= 0.3 is 71.6 Å². The molecular formula is C108H103FO25. The summed E-state index contributed by atoms with van der Waals surface area (Å²) >= 11 is 0. The fourth-order valence-corrected chi connectivity index (χ4v) is 13.7. The number of fused-ring (bicyclic) bond motifs is 4. The molecule has 0 spiro atoms. The van der Waals surface area contributed by atoms with E-state index >= 15 is 0 Å². The molecule has 6 atom stereocenters. The van der Waals surface area contributed by atoms with Gasteiger partial charge in [0.25, 0.3) is 0 Å². The highest BCUT2D eigenvalue weighted by Crippen LogP contribution is 2.46. The Labute approximate surface area is 776 Å². The van der Waals surface area contributed by atoms with Gasteiger partial charge in [-0.25, -0.2) is 61.9 Å². The topological polar surface area (TPSA) is 325 Å². The molecule has 12 rings (SSSR count). The van der Waals surface area contributed by atoms with E-state index in [4.69, 9.17) is 61.6 Å². The first-order chi connectivity index (χ1) is 63.2. The number of hydrogen-bond acceptors (Lipinski definition) is 25. The van der Waals surface area contributed by atoms with Crippen LogP contribution >= 0.6 is 0 Å². The summed E-state index contributed by atoms with van der Waals surface area (Å²) in [7, 11) is 1.49. The largest absolute Gasteiger partial charge is 0.493 e. The molecule has 0 N–H and O–H groups in total. The molecule has 8 aromatic carbocycles. The second-order valence-corrected chi connectivity index (χ2v) is 32.6. The number of benzene rings is 8. The minimum absolute atomic E-state index is 0.0463. The Morgan fingerprint density at radius 1 is 0.284 bits per heavy atom. The number of ether oxygens (including phenoxy) is 13. The lowest BCUT2D eigenvalue weighted by Gasteiger charge is -2.21. The third-order valence-electron chi connectivity index (χ3n) is 20.6. The molecule has 0 radical (unpaired) electrons. The van der Waals surface area contributed by atoms with Gasteiger partial charge in [0.1, 0.15) is 59.0 Å². The van der Waals surface area contributed by atoms with E-state index in [1.54, 1.807) is 110 Å². The van der Waals surface area contributed by atoms with E-state index in [1.807, 2.05) is 60.7 Å². The summed E-state index contributed by atoms with van der Waals surface area (Å²) in [5.41, 5.74) is 15.5. The lowest BCUT2D eigenvalue weighted by atomic mass is 9.99. The highest BCUT2D eigenvalue weighted by atomic mass is 19.1. The Morgan fingerprint density at radius 3 is 0.896 bits per heavy atom. The molecule has 134 heavy (non-hydrogen) atoms. The van der Waals surface area contributed by atoms with Crippen LogP contribution in [0.4, 0.5) is 4.39 Å².